The Kier molecular flexibility index (Phi) is 8.69. The van der Waals surface area contributed by atoms with Crippen LogP contribution in [0.15, 0.2) is 48.5 Å². The van der Waals surface area contributed by atoms with Gasteiger partial charge in [-0.2, -0.15) is 0 Å². The molecule has 2 aromatic carbocycles. The Morgan fingerprint density at radius 3 is 2.19 bits per heavy atom. The Balaban J connectivity index is 2.05. The molecule has 0 N–H and O–H groups in total. The fourth-order valence-corrected chi connectivity index (χ4v) is 4.52. The predicted molar refractivity (Wildman–Crippen MR) is 137 cm³/mol. The number of carbonyl (C=O) groups excluding carboxylic acids is 3. The number of esters is 1. The first-order valence-electron chi connectivity index (χ1n) is 11.8. The van der Waals surface area contributed by atoms with E-state index in [4.69, 9.17) is 16.3 Å². The molecule has 6 nitrogen and oxygen atoms in total. The quantitative estimate of drug-likeness (QED) is 0.260. The molecule has 0 spiro atoms. The summed E-state index contributed by atoms with van der Waals surface area (Å²) in [7, 11) is 0. The number of benzene rings is 2. The molecular formula is C28H30ClFN2O4. The minimum absolute atomic E-state index is 0.0892. The zero-order valence-electron chi connectivity index (χ0n) is 21.1. The smallest absolute Gasteiger partial charge is 0.355 e. The van der Waals surface area contributed by atoms with Gasteiger partial charge in [-0.15, -0.1) is 0 Å². The largest absolute Gasteiger partial charge is 0.461 e. The molecule has 190 valence electrons. The second-order valence-corrected chi connectivity index (χ2v) is 8.94. The van der Waals surface area contributed by atoms with E-state index in [9.17, 15) is 18.8 Å². The Labute approximate surface area is 215 Å². The number of ether oxygens (including phenoxy) is 1. The number of ketones is 1. The molecule has 0 fully saturated rings. The van der Waals surface area contributed by atoms with Crippen molar-refractivity contribution in [2.45, 2.75) is 53.8 Å². The number of halogens is 2. The topological polar surface area (TPSA) is 68.6 Å². The number of rotatable bonds is 9. The van der Waals surface area contributed by atoms with Gasteiger partial charge in [-0.1, -0.05) is 23.7 Å². The molecule has 3 aromatic rings. The summed E-state index contributed by atoms with van der Waals surface area (Å²) in [6.07, 6.45) is 0. The predicted octanol–water partition coefficient (Wildman–Crippen LogP) is 6.01. The average Bonchev–Trinajstić information content (AvgIpc) is 3.12. The van der Waals surface area contributed by atoms with Crippen molar-refractivity contribution in [1.29, 1.82) is 0 Å². The molecule has 0 aliphatic carbocycles. The molecule has 8 heteroatoms. The van der Waals surface area contributed by atoms with Gasteiger partial charge < -0.3 is 14.2 Å². The SMILES string of the molecule is CCOC(=O)c1c(C)c(C(=O)[C@H](C)N(Cc2ccc(F)cc2)C(=O)c2ccc(Cl)cc2)c(C)n1CC. The van der Waals surface area contributed by atoms with Crippen LogP contribution in [0.5, 0.6) is 0 Å². The summed E-state index contributed by atoms with van der Waals surface area (Å²) < 4.78 is 20.5. The van der Waals surface area contributed by atoms with E-state index in [1.807, 2.05) is 6.92 Å². The number of amides is 1. The van der Waals surface area contributed by atoms with Gasteiger partial charge in [0, 0.05) is 34.9 Å². The van der Waals surface area contributed by atoms with Gasteiger partial charge in [-0.05, 0) is 82.1 Å². The lowest BCUT2D eigenvalue weighted by atomic mass is 9.98. The van der Waals surface area contributed by atoms with Crippen LogP contribution in [-0.4, -0.2) is 39.8 Å². The van der Waals surface area contributed by atoms with Crippen LogP contribution < -0.4 is 0 Å². The van der Waals surface area contributed by atoms with E-state index < -0.39 is 17.8 Å². The lowest BCUT2D eigenvalue weighted by molar-refractivity contribution is 0.0512. The van der Waals surface area contributed by atoms with Gasteiger partial charge in [0.1, 0.15) is 11.5 Å². The van der Waals surface area contributed by atoms with Gasteiger partial charge in [0.15, 0.2) is 5.78 Å². The molecule has 0 unspecified atom stereocenters. The first-order chi connectivity index (χ1) is 17.1. The summed E-state index contributed by atoms with van der Waals surface area (Å²) in [5, 5.41) is 0.486. The van der Waals surface area contributed by atoms with E-state index in [0.717, 1.165) is 0 Å². The summed E-state index contributed by atoms with van der Waals surface area (Å²) in [5.41, 5.74) is 2.92. The molecule has 0 bridgehead atoms. The second kappa shape index (κ2) is 11.5. The van der Waals surface area contributed by atoms with Crippen molar-refractivity contribution in [3.05, 3.63) is 93.0 Å². The lowest BCUT2D eigenvalue weighted by Gasteiger charge is -2.29. The molecule has 1 atom stereocenters. The van der Waals surface area contributed by atoms with E-state index in [1.54, 1.807) is 68.7 Å². The molecule has 0 saturated heterocycles. The summed E-state index contributed by atoms with van der Waals surface area (Å²) in [6.45, 7) is 9.55. The number of hydrogen-bond acceptors (Lipinski definition) is 4. The van der Waals surface area contributed by atoms with E-state index in [2.05, 4.69) is 0 Å². The van der Waals surface area contributed by atoms with Crippen LogP contribution in [-0.2, 0) is 17.8 Å². The summed E-state index contributed by atoms with van der Waals surface area (Å²) in [6, 6.07) is 11.3. The van der Waals surface area contributed by atoms with Crippen LogP contribution in [0.4, 0.5) is 4.39 Å². The summed E-state index contributed by atoms with van der Waals surface area (Å²) in [4.78, 5) is 41.6. The van der Waals surface area contributed by atoms with E-state index >= 15 is 0 Å². The molecule has 0 aliphatic heterocycles. The molecule has 0 saturated carbocycles. The Morgan fingerprint density at radius 1 is 1.03 bits per heavy atom. The van der Waals surface area contributed by atoms with Gasteiger partial charge in [0.25, 0.3) is 5.91 Å². The van der Waals surface area contributed by atoms with Crippen molar-refractivity contribution in [2.24, 2.45) is 0 Å². The van der Waals surface area contributed by atoms with Crippen LogP contribution in [0, 0.1) is 19.7 Å². The van der Waals surface area contributed by atoms with Crippen molar-refractivity contribution in [3.63, 3.8) is 0 Å². The minimum atomic E-state index is -0.876. The van der Waals surface area contributed by atoms with Crippen molar-refractivity contribution >= 4 is 29.3 Å². The summed E-state index contributed by atoms with van der Waals surface area (Å²) >= 11 is 5.99. The van der Waals surface area contributed by atoms with Crippen LogP contribution in [0.25, 0.3) is 0 Å². The maximum absolute atomic E-state index is 13.9. The van der Waals surface area contributed by atoms with Crippen molar-refractivity contribution in [1.82, 2.24) is 9.47 Å². The molecule has 1 aromatic heterocycles. The van der Waals surface area contributed by atoms with Crippen molar-refractivity contribution in [2.75, 3.05) is 6.61 Å². The van der Waals surface area contributed by atoms with Crippen LogP contribution >= 0.6 is 11.6 Å². The lowest BCUT2D eigenvalue weighted by Crippen LogP contribution is -2.43. The van der Waals surface area contributed by atoms with Crippen LogP contribution in [0.1, 0.15) is 68.8 Å². The first-order valence-corrected chi connectivity index (χ1v) is 12.2. The van der Waals surface area contributed by atoms with Gasteiger partial charge in [0.05, 0.1) is 12.6 Å². The molecule has 0 radical (unpaired) electrons. The normalized spacial score (nSPS) is 11.8. The minimum Gasteiger partial charge on any atom is -0.461 e. The molecule has 36 heavy (non-hydrogen) atoms. The molecular weight excluding hydrogens is 483 g/mol. The molecule has 1 amide bonds. The number of aromatic nitrogens is 1. The number of carbonyl (C=O) groups is 3. The van der Waals surface area contributed by atoms with Crippen LogP contribution in [0.2, 0.25) is 5.02 Å². The Morgan fingerprint density at radius 2 is 1.64 bits per heavy atom. The number of hydrogen-bond donors (Lipinski definition) is 0. The fourth-order valence-electron chi connectivity index (χ4n) is 4.40. The third kappa shape index (κ3) is 5.51. The van der Waals surface area contributed by atoms with Gasteiger partial charge in [0.2, 0.25) is 0 Å². The standard InChI is InChI=1S/C28H30ClFN2O4/c1-6-31-18(4)24(17(3)25(31)28(35)36-7-2)26(33)19(5)32(16-20-8-14-23(30)15-9-20)27(34)21-10-12-22(29)13-11-21/h8-15,19H,6-7,16H2,1-5H3/t19-/m0/s1. The zero-order chi connectivity index (χ0) is 26.6. The molecule has 3 rings (SSSR count). The molecule has 1 heterocycles. The third-order valence-electron chi connectivity index (χ3n) is 6.26. The van der Waals surface area contributed by atoms with Crippen LogP contribution in [0.3, 0.4) is 0 Å². The highest BCUT2D eigenvalue weighted by atomic mass is 35.5. The third-order valence-corrected chi connectivity index (χ3v) is 6.52. The van der Waals surface area contributed by atoms with Gasteiger partial charge in [-0.25, -0.2) is 9.18 Å². The Bertz CT molecular complexity index is 1270. The van der Waals surface area contributed by atoms with E-state index in [0.29, 0.717) is 45.2 Å². The van der Waals surface area contributed by atoms with E-state index in [-0.39, 0.29) is 24.8 Å². The highest BCUT2D eigenvalue weighted by Crippen LogP contribution is 2.27. The Hall–Kier alpha value is -3.45. The first kappa shape index (κ1) is 27.1. The number of Topliss-reactive ketones (excluding diaryl/α,β-unsaturated/α-hetero) is 1. The maximum Gasteiger partial charge on any atom is 0.355 e. The van der Waals surface area contributed by atoms with E-state index in [1.165, 1.54) is 17.0 Å². The van der Waals surface area contributed by atoms with Gasteiger partial charge >= 0.3 is 5.97 Å². The van der Waals surface area contributed by atoms with Crippen molar-refractivity contribution in [3.8, 4) is 0 Å². The van der Waals surface area contributed by atoms with Crippen molar-refractivity contribution < 1.29 is 23.5 Å². The molecule has 0 aliphatic rings. The monoisotopic (exact) mass is 512 g/mol. The highest BCUT2D eigenvalue weighted by Gasteiger charge is 2.33. The average molecular weight is 513 g/mol. The summed E-state index contributed by atoms with van der Waals surface area (Å²) in [5.74, 6) is -1.55. The zero-order valence-corrected chi connectivity index (χ0v) is 21.9. The second-order valence-electron chi connectivity index (χ2n) is 8.51. The highest BCUT2D eigenvalue weighted by molar-refractivity contribution is 6.30. The number of nitrogens with zero attached hydrogens (tertiary/aromatic N) is 2. The fraction of sp³-hybridized carbons (Fsp3) is 0.321. The van der Waals surface area contributed by atoms with Gasteiger partial charge in [-0.3, -0.25) is 9.59 Å². The maximum atomic E-state index is 13.9.